The van der Waals surface area contributed by atoms with E-state index in [9.17, 15) is 10.1 Å². The fourth-order valence-corrected chi connectivity index (χ4v) is 2.27. The summed E-state index contributed by atoms with van der Waals surface area (Å²) in [5.41, 5.74) is 1.73. The second-order valence-corrected chi connectivity index (χ2v) is 4.75. The summed E-state index contributed by atoms with van der Waals surface area (Å²) in [6.07, 6.45) is 1.45. The van der Waals surface area contributed by atoms with Gasteiger partial charge in [0, 0.05) is 17.1 Å². The molecule has 94 valence electrons. The summed E-state index contributed by atoms with van der Waals surface area (Å²) in [6, 6.07) is 3.07. The van der Waals surface area contributed by atoms with E-state index in [0.29, 0.717) is 0 Å². The number of hydrogen-bond acceptors (Lipinski definition) is 6. The first-order chi connectivity index (χ1) is 8.56. The van der Waals surface area contributed by atoms with Crippen LogP contribution < -0.4 is 5.32 Å². The molecule has 0 aliphatic heterocycles. The van der Waals surface area contributed by atoms with Crippen LogP contribution in [0.3, 0.4) is 0 Å². The van der Waals surface area contributed by atoms with Crippen LogP contribution in [0.4, 0.5) is 11.5 Å². The zero-order valence-electron chi connectivity index (χ0n) is 9.95. The molecule has 0 saturated heterocycles. The number of hydrogen-bond donors (Lipinski definition) is 1. The molecule has 0 fully saturated rings. The summed E-state index contributed by atoms with van der Waals surface area (Å²) >= 11 is 1.58. The van der Waals surface area contributed by atoms with Crippen LogP contribution in [0.25, 0.3) is 0 Å². The Morgan fingerprint density at radius 1 is 1.50 bits per heavy atom. The molecule has 0 amide bonds. The van der Waals surface area contributed by atoms with E-state index >= 15 is 0 Å². The molecular weight excluding hydrogens is 252 g/mol. The van der Waals surface area contributed by atoms with Gasteiger partial charge in [0.05, 0.1) is 11.7 Å². The smallest absolute Gasteiger partial charge is 0.363 e. The molecule has 0 aliphatic rings. The molecule has 2 aromatic heterocycles. The molecule has 6 nitrogen and oxygen atoms in total. The first-order valence-corrected chi connectivity index (χ1v) is 6.23. The fourth-order valence-electron chi connectivity index (χ4n) is 1.46. The Morgan fingerprint density at radius 3 is 2.78 bits per heavy atom. The molecular formula is C11H12N4O2S. The Hall–Kier alpha value is -2.02. The monoisotopic (exact) mass is 264 g/mol. The number of thiazole rings is 1. The minimum Gasteiger partial charge on any atom is -0.373 e. The van der Waals surface area contributed by atoms with E-state index in [2.05, 4.69) is 15.3 Å². The first-order valence-electron chi connectivity index (χ1n) is 5.35. The predicted octanol–water partition coefficient (Wildman–Crippen LogP) is 2.93. The van der Waals surface area contributed by atoms with Gasteiger partial charge in [-0.05, 0) is 29.8 Å². The third kappa shape index (κ3) is 2.80. The van der Waals surface area contributed by atoms with E-state index < -0.39 is 4.92 Å². The Labute approximate surface area is 108 Å². The van der Waals surface area contributed by atoms with Gasteiger partial charge in [-0.2, -0.15) is 0 Å². The largest absolute Gasteiger partial charge is 0.373 e. The molecule has 1 atom stereocenters. The van der Waals surface area contributed by atoms with Crippen molar-refractivity contribution in [2.75, 3.05) is 5.32 Å². The Kier molecular flexibility index (Phi) is 3.52. The third-order valence-electron chi connectivity index (χ3n) is 2.33. The second-order valence-electron chi connectivity index (χ2n) is 3.86. The molecule has 7 heteroatoms. The van der Waals surface area contributed by atoms with Crippen molar-refractivity contribution in [1.82, 2.24) is 9.97 Å². The van der Waals surface area contributed by atoms with Crippen molar-refractivity contribution >= 4 is 22.8 Å². The second kappa shape index (κ2) is 5.09. The average Bonchev–Trinajstić information content (AvgIpc) is 2.76. The zero-order valence-corrected chi connectivity index (χ0v) is 10.8. The minimum atomic E-state index is -0.516. The lowest BCUT2D eigenvalue weighted by Crippen LogP contribution is -2.06. The topological polar surface area (TPSA) is 81.0 Å². The summed E-state index contributed by atoms with van der Waals surface area (Å²) in [5.74, 6) is -0.154. The summed E-state index contributed by atoms with van der Waals surface area (Å²) in [4.78, 5) is 18.1. The Morgan fingerprint density at radius 2 is 2.28 bits per heavy atom. The van der Waals surface area contributed by atoms with Crippen LogP contribution in [0.2, 0.25) is 0 Å². The van der Waals surface area contributed by atoms with Gasteiger partial charge in [0.25, 0.3) is 0 Å². The number of anilines is 1. The quantitative estimate of drug-likeness (QED) is 0.678. The maximum Gasteiger partial charge on any atom is 0.363 e. The van der Waals surface area contributed by atoms with Crippen molar-refractivity contribution < 1.29 is 4.92 Å². The van der Waals surface area contributed by atoms with Gasteiger partial charge in [0.1, 0.15) is 5.01 Å². The molecule has 2 rings (SSSR count). The van der Waals surface area contributed by atoms with Gasteiger partial charge >= 0.3 is 5.82 Å². The van der Waals surface area contributed by atoms with Gasteiger partial charge in [-0.3, -0.25) is 0 Å². The van der Waals surface area contributed by atoms with Crippen LogP contribution >= 0.6 is 11.3 Å². The molecule has 18 heavy (non-hydrogen) atoms. The highest BCUT2D eigenvalue weighted by Gasteiger charge is 2.11. The van der Waals surface area contributed by atoms with Gasteiger partial charge in [-0.1, -0.05) is 0 Å². The third-order valence-corrected chi connectivity index (χ3v) is 3.47. The number of nitro groups is 1. The van der Waals surface area contributed by atoms with Crippen LogP contribution in [0.1, 0.15) is 23.7 Å². The molecule has 1 N–H and O–H groups in total. The minimum absolute atomic E-state index is 0.0481. The van der Waals surface area contributed by atoms with E-state index in [1.54, 1.807) is 17.4 Å². The average molecular weight is 264 g/mol. The van der Waals surface area contributed by atoms with E-state index in [0.717, 1.165) is 16.4 Å². The highest BCUT2D eigenvalue weighted by atomic mass is 32.1. The lowest BCUT2D eigenvalue weighted by molar-refractivity contribution is -0.389. The van der Waals surface area contributed by atoms with Gasteiger partial charge in [0.15, 0.2) is 6.20 Å². The van der Waals surface area contributed by atoms with E-state index in [1.165, 1.54) is 12.3 Å². The summed E-state index contributed by atoms with van der Waals surface area (Å²) < 4.78 is 0. The van der Waals surface area contributed by atoms with Gasteiger partial charge in [-0.25, -0.2) is 4.98 Å². The van der Waals surface area contributed by atoms with E-state index in [4.69, 9.17) is 0 Å². The van der Waals surface area contributed by atoms with Crippen LogP contribution in [-0.4, -0.2) is 14.9 Å². The van der Waals surface area contributed by atoms with Crippen LogP contribution in [0, 0.1) is 17.0 Å². The number of nitrogens with zero attached hydrogens (tertiary/aromatic N) is 3. The summed E-state index contributed by atoms with van der Waals surface area (Å²) in [6.45, 7) is 3.93. The maximum absolute atomic E-state index is 10.5. The maximum atomic E-state index is 10.5. The van der Waals surface area contributed by atoms with Crippen molar-refractivity contribution in [1.29, 1.82) is 0 Å². The molecule has 0 aliphatic carbocycles. The number of rotatable bonds is 4. The number of pyridine rings is 1. The Bertz CT molecular complexity index is 552. The lowest BCUT2D eigenvalue weighted by atomic mass is 10.3. The first kappa shape index (κ1) is 12.4. The molecule has 0 aromatic carbocycles. The Balaban J connectivity index is 2.07. The van der Waals surface area contributed by atoms with Crippen LogP contribution in [0.15, 0.2) is 23.7 Å². The van der Waals surface area contributed by atoms with E-state index in [1.807, 2.05) is 19.2 Å². The SMILES string of the molecule is Cc1csc(C(C)Nc2ccc([N+](=O)[O-])nc2)n1. The summed E-state index contributed by atoms with van der Waals surface area (Å²) in [7, 11) is 0. The standard InChI is InChI=1S/C11H12N4O2S/c1-7-6-18-11(13-7)8(2)14-9-3-4-10(12-5-9)15(16)17/h3-6,8,14H,1-2H3. The van der Waals surface area contributed by atoms with Crippen molar-refractivity contribution in [2.45, 2.75) is 19.9 Å². The lowest BCUT2D eigenvalue weighted by Gasteiger charge is -2.10. The summed E-state index contributed by atoms with van der Waals surface area (Å²) in [5, 5.41) is 16.6. The molecule has 2 aromatic rings. The van der Waals surface area contributed by atoms with Gasteiger partial charge in [0.2, 0.25) is 0 Å². The molecule has 2 heterocycles. The van der Waals surface area contributed by atoms with E-state index in [-0.39, 0.29) is 11.9 Å². The van der Waals surface area contributed by atoms with Crippen molar-refractivity contribution in [3.63, 3.8) is 0 Å². The number of aromatic nitrogens is 2. The van der Waals surface area contributed by atoms with Gasteiger partial charge in [-0.15, -0.1) is 11.3 Å². The van der Waals surface area contributed by atoms with Crippen LogP contribution in [-0.2, 0) is 0 Å². The molecule has 0 spiro atoms. The zero-order chi connectivity index (χ0) is 13.1. The number of aryl methyl sites for hydroxylation is 1. The highest BCUT2D eigenvalue weighted by Crippen LogP contribution is 2.22. The normalized spacial score (nSPS) is 12.1. The van der Waals surface area contributed by atoms with Crippen molar-refractivity contribution in [2.24, 2.45) is 0 Å². The van der Waals surface area contributed by atoms with Crippen molar-refractivity contribution in [3.05, 3.63) is 44.5 Å². The van der Waals surface area contributed by atoms with Crippen molar-refractivity contribution in [3.8, 4) is 0 Å². The molecule has 0 radical (unpaired) electrons. The highest BCUT2D eigenvalue weighted by molar-refractivity contribution is 7.09. The molecule has 1 unspecified atom stereocenters. The molecule has 0 bridgehead atoms. The predicted molar refractivity (Wildman–Crippen MR) is 69.8 cm³/mol. The fraction of sp³-hybridized carbons (Fsp3) is 0.273. The number of nitrogens with one attached hydrogen (secondary N) is 1. The molecule has 0 saturated carbocycles. The van der Waals surface area contributed by atoms with Crippen LogP contribution in [0.5, 0.6) is 0 Å². The van der Waals surface area contributed by atoms with Gasteiger partial charge < -0.3 is 15.4 Å².